The molecule has 0 radical (unpaired) electrons. The largest absolute Gasteiger partial charge is 0.497 e. The first-order chi connectivity index (χ1) is 12.8. The predicted octanol–water partition coefficient (Wildman–Crippen LogP) is 4.74. The Balaban J connectivity index is 2.10. The van der Waals surface area contributed by atoms with Gasteiger partial charge in [-0.3, -0.25) is 9.59 Å². The average Bonchev–Trinajstić information content (AvgIpc) is 2.85. The Morgan fingerprint density at radius 2 is 1.63 bits per heavy atom. The zero-order valence-electron chi connectivity index (χ0n) is 16.2. The van der Waals surface area contributed by atoms with Crippen LogP contribution in [0, 0.1) is 13.8 Å². The summed E-state index contributed by atoms with van der Waals surface area (Å²) in [5.41, 5.74) is 3.82. The number of ether oxygens (including phenoxy) is 1. The molecule has 4 nitrogen and oxygen atoms in total. The van der Waals surface area contributed by atoms with Crippen molar-refractivity contribution in [3.63, 3.8) is 0 Å². The number of methoxy groups -OCH3 is 1. The number of carbonyl (C=O) groups excluding carboxylic acids is 2. The molecular weight excluding hydrogens is 358 g/mol. The second kappa shape index (κ2) is 7.61. The lowest BCUT2D eigenvalue weighted by Gasteiger charge is -2.18. The summed E-state index contributed by atoms with van der Waals surface area (Å²) < 4.78 is 5.20. The van der Waals surface area contributed by atoms with Gasteiger partial charge in [0.25, 0.3) is 11.8 Å². The number of hydrogen-bond acceptors (Lipinski definition) is 4. The van der Waals surface area contributed by atoms with E-state index in [2.05, 4.69) is 0 Å². The predicted molar refractivity (Wildman–Crippen MR) is 111 cm³/mol. The van der Waals surface area contributed by atoms with Crippen LogP contribution in [0.1, 0.15) is 30.5 Å². The summed E-state index contributed by atoms with van der Waals surface area (Å²) in [5.74, 6) is 0.178. The molecule has 3 rings (SSSR count). The van der Waals surface area contributed by atoms with Crippen molar-refractivity contribution in [3.05, 3.63) is 64.1 Å². The van der Waals surface area contributed by atoms with E-state index in [9.17, 15) is 9.59 Å². The summed E-state index contributed by atoms with van der Waals surface area (Å²) in [5, 5.41) is 0.184. The van der Waals surface area contributed by atoms with E-state index in [1.165, 1.54) is 16.7 Å². The van der Waals surface area contributed by atoms with Crippen molar-refractivity contribution in [3.8, 4) is 5.75 Å². The van der Waals surface area contributed by atoms with Crippen molar-refractivity contribution in [1.29, 1.82) is 0 Å². The molecule has 0 aliphatic carbocycles. The van der Waals surface area contributed by atoms with Crippen LogP contribution in [0.3, 0.4) is 0 Å². The van der Waals surface area contributed by atoms with Crippen LogP contribution >= 0.6 is 11.8 Å². The number of amides is 2. The van der Waals surface area contributed by atoms with Crippen molar-refractivity contribution < 1.29 is 14.3 Å². The third kappa shape index (κ3) is 3.65. The highest BCUT2D eigenvalue weighted by Crippen LogP contribution is 2.41. The van der Waals surface area contributed by atoms with Gasteiger partial charge in [-0.25, -0.2) is 4.90 Å². The summed E-state index contributed by atoms with van der Waals surface area (Å²) >= 11 is 1.43. The van der Waals surface area contributed by atoms with E-state index in [1.807, 2.05) is 58.0 Å². The van der Waals surface area contributed by atoms with E-state index >= 15 is 0 Å². The zero-order valence-corrected chi connectivity index (χ0v) is 17.0. The molecular formula is C22H23NO3S. The maximum Gasteiger partial charge on any atom is 0.272 e. The number of imide groups is 1. The highest BCUT2D eigenvalue weighted by atomic mass is 32.2. The van der Waals surface area contributed by atoms with Gasteiger partial charge in [0.15, 0.2) is 0 Å². The second-order valence-corrected chi connectivity index (χ2v) is 8.42. The van der Waals surface area contributed by atoms with Crippen LogP contribution in [0.2, 0.25) is 0 Å². The van der Waals surface area contributed by atoms with Crippen molar-refractivity contribution >= 4 is 34.8 Å². The van der Waals surface area contributed by atoms with E-state index in [-0.39, 0.29) is 17.1 Å². The molecule has 5 heteroatoms. The van der Waals surface area contributed by atoms with Crippen LogP contribution in [-0.2, 0) is 9.59 Å². The molecule has 0 fully saturated rings. The molecule has 2 aromatic carbocycles. The number of hydrogen-bond donors (Lipinski definition) is 0. The minimum Gasteiger partial charge on any atom is -0.497 e. The van der Waals surface area contributed by atoms with E-state index in [0.717, 1.165) is 16.7 Å². The first-order valence-corrected chi connectivity index (χ1v) is 9.73. The van der Waals surface area contributed by atoms with Gasteiger partial charge in [0.2, 0.25) is 0 Å². The molecule has 1 aliphatic heterocycles. The molecule has 0 spiro atoms. The third-order valence-corrected chi connectivity index (χ3v) is 5.45. The van der Waals surface area contributed by atoms with Crippen molar-refractivity contribution in [2.45, 2.75) is 32.9 Å². The summed E-state index contributed by atoms with van der Waals surface area (Å²) in [6.45, 7) is 7.94. The minimum absolute atomic E-state index is 0.184. The van der Waals surface area contributed by atoms with Gasteiger partial charge in [0.1, 0.15) is 5.75 Å². The van der Waals surface area contributed by atoms with Gasteiger partial charge in [0, 0.05) is 5.25 Å². The first-order valence-electron chi connectivity index (χ1n) is 8.85. The van der Waals surface area contributed by atoms with Crippen LogP contribution in [0.4, 0.5) is 5.69 Å². The molecule has 0 saturated carbocycles. The smallest absolute Gasteiger partial charge is 0.272 e. The van der Waals surface area contributed by atoms with Gasteiger partial charge < -0.3 is 4.74 Å². The molecule has 0 aromatic heterocycles. The lowest BCUT2D eigenvalue weighted by atomic mass is 10.1. The summed E-state index contributed by atoms with van der Waals surface area (Å²) in [7, 11) is 1.60. The SMILES string of the molecule is COc1ccc(C2=C(SC(C)C)C(=O)N(c3ccc(C)cc3C)C2=O)cc1. The number of nitrogens with zero attached hydrogens (tertiary/aromatic N) is 1. The summed E-state index contributed by atoms with van der Waals surface area (Å²) in [4.78, 5) is 28.3. The van der Waals surface area contributed by atoms with E-state index in [0.29, 0.717) is 21.9 Å². The molecule has 0 unspecified atom stereocenters. The second-order valence-electron chi connectivity index (χ2n) is 6.83. The number of anilines is 1. The third-order valence-electron chi connectivity index (χ3n) is 4.37. The van der Waals surface area contributed by atoms with Gasteiger partial charge in [-0.2, -0.15) is 0 Å². The lowest BCUT2D eigenvalue weighted by molar-refractivity contribution is -0.119. The van der Waals surface area contributed by atoms with Crippen LogP contribution in [-0.4, -0.2) is 24.2 Å². The van der Waals surface area contributed by atoms with Crippen LogP contribution in [0.25, 0.3) is 5.57 Å². The fraction of sp³-hybridized carbons (Fsp3) is 0.273. The number of benzene rings is 2. The number of carbonyl (C=O) groups is 2. The van der Waals surface area contributed by atoms with Crippen LogP contribution in [0.5, 0.6) is 5.75 Å². The zero-order chi connectivity index (χ0) is 19.7. The number of aryl methyl sites for hydroxylation is 2. The highest BCUT2D eigenvalue weighted by Gasteiger charge is 2.41. The standard InChI is InChI=1S/C22H23NO3S/c1-13(2)27-20-19(16-7-9-17(26-5)10-8-16)21(24)23(22(20)25)18-11-6-14(3)12-15(18)4/h6-13H,1-5H3. The van der Waals surface area contributed by atoms with E-state index in [4.69, 9.17) is 4.74 Å². The quantitative estimate of drug-likeness (QED) is 0.702. The average molecular weight is 381 g/mol. The Morgan fingerprint density at radius 1 is 0.963 bits per heavy atom. The van der Waals surface area contributed by atoms with Crippen molar-refractivity contribution in [2.24, 2.45) is 0 Å². The van der Waals surface area contributed by atoms with Gasteiger partial charge in [-0.1, -0.05) is 43.7 Å². The maximum atomic E-state index is 13.3. The van der Waals surface area contributed by atoms with Gasteiger partial charge in [-0.05, 0) is 43.2 Å². The normalized spacial score (nSPS) is 14.5. The van der Waals surface area contributed by atoms with Gasteiger partial charge in [0.05, 0.1) is 23.3 Å². The Morgan fingerprint density at radius 3 is 2.19 bits per heavy atom. The summed E-state index contributed by atoms with van der Waals surface area (Å²) in [6, 6.07) is 13.0. The number of thioether (sulfide) groups is 1. The number of rotatable bonds is 5. The molecule has 0 atom stereocenters. The maximum absolute atomic E-state index is 13.3. The van der Waals surface area contributed by atoms with Crippen molar-refractivity contribution in [1.82, 2.24) is 0 Å². The molecule has 2 amide bonds. The Hall–Kier alpha value is -2.53. The molecule has 0 saturated heterocycles. The molecule has 1 aliphatic rings. The fourth-order valence-electron chi connectivity index (χ4n) is 3.14. The Bertz CT molecular complexity index is 929. The molecule has 1 heterocycles. The topological polar surface area (TPSA) is 46.6 Å². The Labute approximate surface area is 164 Å². The molecule has 27 heavy (non-hydrogen) atoms. The summed E-state index contributed by atoms with van der Waals surface area (Å²) in [6.07, 6.45) is 0. The minimum atomic E-state index is -0.278. The lowest BCUT2D eigenvalue weighted by Crippen LogP contribution is -2.32. The molecule has 0 bridgehead atoms. The van der Waals surface area contributed by atoms with Gasteiger partial charge >= 0.3 is 0 Å². The molecule has 140 valence electrons. The first kappa shape index (κ1) is 19.2. The fourth-order valence-corrected chi connectivity index (χ4v) is 4.13. The van der Waals surface area contributed by atoms with Gasteiger partial charge in [-0.15, -0.1) is 11.8 Å². The van der Waals surface area contributed by atoms with Crippen LogP contribution in [0.15, 0.2) is 47.4 Å². The van der Waals surface area contributed by atoms with E-state index in [1.54, 1.807) is 19.2 Å². The molecule has 2 aromatic rings. The Kier molecular flexibility index (Phi) is 5.42. The monoisotopic (exact) mass is 381 g/mol. The molecule has 0 N–H and O–H groups in total. The van der Waals surface area contributed by atoms with E-state index < -0.39 is 0 Å². The van der Waals surface area contributed by atoms with Crippen molar-refractivity contribution in [2.75, 3.05) is 12.0 Å². The highest BCUT2D eigenvalue weighted by molar-refractivity contribution is 8.04. The van der Waals surface area contributed by atoms with Crippen LogP contribution < -0.4 is 9.64 Å².